The highest BCUT2D eigenvalue weighted by Crippen LogP contribution is 2.32. The molecule has 0 aliphatic carbocycles. The Hall–Kier alpha value is -2.07. The molecule has 0 amide bonds. The fraction of sp³-hybridized carbons (Fsp3) is 0.0625. The Balaban J connectivity index is 2.09. The fourth-order valence-electron chi connectivity index (χ4n) is 2.12. The number of ether oxygens (including phenoxy) is 1. The van der Waals surface area contributed by atoms with E-state index < -0.39 is 0 Å². The average molecular weight is 330 g/mol. The molecule has 0 saturated heterocycles. The second-order valence-electron chi connectivity index (χ2n) is 4.56. The second-order valence-corrected chi connectivity index (χ2v) is 5.41. The quantitative estimate of drug-likeness (QED) is 0.734. The van der Waals surface area contributed by atoms with Crippen molar-refractivity contribution in [3.8, 4) is 17.4 Å². The van der Waals surface area contributed by atoms with E-state index in [9.17, 15) is 5.11 Å². The summed E-state index contributed by atoms with van der Waals surface area (Å²) < 4.78 is 6.81. The van der Waals surface area contributed by atoms with Gasteiger partial charge in [0.15, 0.2) is 0 Å². The van der Waals surface area contributed by atoms with Gasteiger partial charge < -0.3 is 9.84 Å². The third-order valence-corrected chi connectivity index (χ3v) is 3.66. The summed E-state index contributed by atoms with van der Waals surface area (Å²) >= 11 is 3.52. The first-order valence-corrected chi connectivity index (χ1v) is 6.94. The number of rotatable bonds is 2. The summed E-state index contributed by atoms with van der Waals surface area (Å²) in [5.74, 6) is 1.28. The number of fused-ring (bicyclic) bond motifs is 1. The number of aromatic hydroxyl groups is 1. The zero-order valence-electron chi connectivity index (χ0n) is 10.8. The Kier molecular flexibility index (Phi) is 3.32. The minimum atomic E-state index is 0.182. The van der Waals surface area contributed by atoms with Gasteiger partial charge in [-0.25, -0.2) is 4.98 Å². The molecule has 1 aromatic heterocycles. The van der Waals surface area contributed by atoms with E-state index in [1.54, 1.807) is 18.3 Å². The van der Waals surface area contributed by atoms with Crippen molar-refractivity contribution in [2.24, 2.45) is 0 Å². The predicted octanol–water partition coefficient (Wildman–Crippen LogP) is 4.80. The molecular weight excluding hydrogens is 318 g/mol. The number of hydrogen-bond acceptors (Lipinski definition) is 3. The van der Waals surface area contributed by atoms with E-state index in [1.807, 2.05) is 37.3 Å². The molecule has 0 bridgehead atoms. The van der Waals surface area contributed by atoms with Crippen molar-refractivity contribution in [3.63, 3.8) is 0 Å². The number of phenolic OH excluding ortho intramolecular Hbond substituents is 1. The molecule has 3 rings (SSSR count). The maximum absolute atomic E-state index is 9.62. The zero-order chi connectivity index (χ0) is 14.1. The van der Waals surface area contributed by atoms with Crippen LogP contribution in [-0.4, -0.2) is 10.1 Å². The first-order valence-electron chi connectivity index (χ1n) is 6.15. The number of aromatic nitrogens is 1. The molecular formula is C16H12BrNO2. The van der Waals surface area contributed by atoms with Crippen LogP contribution >= 0.6 is 15.9 Å². The lowest BCUT2D eigenvalue weighted by atomic mass is 10.2. The highest BCUT2D eigenvalue weighted by atomic mass is 79.9. The van der Waals surface area contributed by atoms with Crippen LogP contribution < -0.4 is 4.74 Å². The smallest absolute Gasteiger partial charge is 0.227 e. The molecule has 100 valence electrons. The summed E-state index contributed by atoms with van der Waals surface area (Å²) in [6, 6.07) is 12.9. The van der Waals surface area contributed by atoms with Gasteiger partial charge in [0.2, 0.25) is 5.88 Å². The van der Waals surface area contributed by atoms with Crippen LogP contribution in [0.5, 0.6) is 17.4 Å². The van der Waals surface area contributed by atoms with Crippen LogP contribution in [0.1, 0.15) is 5.56 Å². The summed E-state index contributed by atoms with van der Waals surface area (Å²) in [6.45, 7) is 1.90. The van der Waals surface area contributed by atoms with Gasteiger partial charge in [0, 0.05) is 27.5 Å². The van der Waals surface area contributed by atoms with Crippen molar-refractivity contribution < 1.29 is 9.84 Å². The van der Waals surface area contributed by atoms with Crippen molar-refractivity contribution in [2.75, 3.05) is 0 Å². The van der Waals surface area contributed by atoms with Gasteiger partial charge in [0.25, 0.3) is 0 Å². The van der Waals surface area contributed by atoms with Gasteiger partial charge >= 0.3 is 0 Å². The van der Waals surface area contributed by atoms with E-state index in [0.717, 1.165) is 20.8 Å². The largest absolute Gasteiger partial charge is 0.508 e. The standard InChI is InChI=1S/C16H12BrNO2/c1-10-7-11(19)9-12(8-10)20-16-14-3-2-4-15(17)13(14)5-6-18-16/h2-9,19H,1H3. The number of hydrogen-bond donors (Lipinski definition) is 1. The lowest BCUT2D eigenvalue weighted by Gasteiger charge is -2.09. The summed E-state index contributed by atoms with van der Waals surface area (Å²) in [5, 5.41) is 11.6. The van der Waals surface area contributed by atoms with Crippen LogP contribution in [0.2, 0.25) is 0 Å². The minimum absolute atomic E-state index is 0.182. The van der Waals surface area contributed by atoms with E-state index >= 15 is 0 Å². The summed E-state index contributed by atoms with van der Waals surface area (Å²) in [4.78, 5) is 4.28. The Morgan fingerprint density at radius 2 is 1.95 bits per heavy atom. The van der Waals surface area contributed by atoms with Gasteiger partial charge in [-0.15, -0.1) is 0 Å². The molecule has 3 aromatic rings. The van der Waals surface area contributed by atoms with Gasteiger partial charge in [0.05, 0.1) is 0 Å². The van der Waals surface area contributed by atoms with Crippen LogP contribution in [-0.2, 0) is 0 Å². The maximum Gasteiger partial charge on any atom is 0.227 e. The summed E-state index contributed by atoms with van der Waals surface area (Å²) in [6.07, 6.45) is 1.71. The molecule has 2 aromatic carbocycles. The third kappa shape index (κ3) is 2.47. The second kappa shape index (κ2) is 5.13. The van der Waals surface area contributed by atoms with Crippen LogP contribution in [0.4, 0.5) is 0 Å². The molecule has 0 atom stereocenters. The van der Waals surface area contributed by atoms with E-state index in [-0.39, 0.29) is 5.75 Å². The number of aryl methyl sites for hydroxylation is 1. The number of phenols is 1. The third-order valence-electron chi connectivity index (χ3n) is 2.97. The van der Waals surface area contributed by atoms with Crippen LogP contribution in [0.3, 0.4) is 0 Å². The van der Waals surface area contributed by atoms with E-state index in [0.29, 0.717) is 11.6 Å². The summed E-state index contributed by atoms with van der Waals surface area (Å²) in [7, 11) is 0. The molecule has 4 heteroatoms. The molecule has 1 N–H and O–H groups in total. The van der Waals surface area contributed by atoms with Crippen molar-refractivity contribution in [1.82, 2.24) is 4.98 Å². The van der Waals surface area contributed by atoms with Gasteiger partial charge in [-0.3, -0.25) is 0 Å². The van der Waals surface area contributed by atoms with E-state index in [4.69, 9.17) is 4.74 Å². The van der Waals surface area contributed by atoms with Crippen molar-refractivity contribution in [3.05, 3.63) is 58.7 Å². The predicted molar refractivity (Wildman–Crippen MR) is 82.4 cm³/mol. The number of halogens is 1. The van der Waals surface area contributed by atoms with Crippen LogP contribution in [0.15, 0.2) is 53.1 Å². The normalized spacial score (nSPS) is 10.7. The first-order chi connectivity index (χ1) is 9.63. The molecule has 0 fully saturated rings. The van der Waals surface area contributed by atoms with Crippen LogP contribution in [0.25, 0.3) is 10.8 Å². The monoisotopic (exact) mass is 329 g/mol. The Morgan fingerprint density at radius 3 is 2.75 bits per heavy atom. The molecule has 0 spiro atoms. The van der Waals surface area contributed by atoms with Crippen LogP contribution in [0, 0.1) is 6.92 Å². The van der Waals surface area contributed by atoms with Crippen molar-refractivity contribution in [1.29, 1.82) is 0 Å². The highest BCUT2D eigenvalue weighted by Gasteiger charge is 2.08. The van der Waals surface area contributed by atoms with Gasteiger partial charge in [-0.2, -0.15) is 0 Å². The molecule has 0 aliphatic heterocycles. The SMILES string of the molecule is Cc1cc(O)cc(Oc2nccc3c(Br)cccc23)c1. The number of nitrogens with zero attached hydrogens (tertiary/aromatic N) is 1. The zero-order valence-corrected chi connectivity index (χ0v) is 12.4. The lowest BCUT2D eigenvalue weighted by molar-refractivity contribution is 0.448. The average Bonchev–Trinajstić information content (AvgIpc) is 2.39. The summed E-state index contributed by atoms with van der Waals surface area (Å²) in [5.41, 5.74) is 0.932. The Morgan fingerprint density at radius 1 is 1.10 bits per heavy atom. The first kappa shape index (κ1) is 12.9. The van der Waals surface area contributed by atoms with Crippen molar-refractivity contribution in [2.45, 2.75) is 6.92 Å². The van der Waals surface area contributed by atoms with E-state index in [2.05, 4.69) is 20.9 Å². The minimum Gasteiger partial charge on any atom is -0.508 e. The molecule has 3 nitrogen and oxygen atoms in total. The maximum atomic E-state index is 9.62. The fourth-order valence-corrected chi connectivity index (χ4v) is 2.62. The van der Waals surface area contributed by atoms with E-state index in [1.165, 1.54) is 0 Å². The number of benzene rings is 2. The molecule has 1 heterocycles. The highest BCUT2D eigenvalue weighted by molar-refractivity contribution is 9.10. The topological polar surface area (TPSA) is 42.4 Å². The Labute approximate surface area is 125 Å². The molecule has 0 radical (unpaired) electrons. The molecule has 0 aliphatic rings. The van der Waals surface area contributed by atoms with Gasteiger partial charge in [-0.05, 0) is 42.8 Å². The van der Waals surface area contributed by atoms with Crippen molar-refractivity contribution >= 4 is 26.7 Å². The molecule has 20 heavy (non-hydrogen) atoms. The number of pyridine rings is 1. The molecule has 0 saturated carbocycles. The van der Waals surface area contributed by atoms with Gasteiger partial charge in [0.1, 0.15) is 11.5 Å². The lowest BCUT2D eigenvalue weighted by Crippen LogP contribution is -1.90. The molecule has 0 unspecified atom stereocenters. The van der Waals surface area contributed by atoms with Gasteiger partial charge in [-0.1, -0.05) is 22.0 Å². The Bertz CT molecular complexity index is 766.